The van der Waals surface area contributed by atoms with E-state index in [0.29, 0.717) is 5.69 Å². The minimum absolute atomic E-state index is 0.247. The summed E-state index contributed by atoms with van der Waals surface area (Å²) in [4.78, 5) is 0. The summed E-state index contributed by atoms with van der Waals surface area (Å²) in [7, 11) is 0. The van der Waals surface area contributed by atoms with Crippen LogP contribution >= 0.6 is 0 Å². The van der Waals surface area contributed by atoms with E-state index in [1.807, 2.05) is 13.8 Å². The van der Waals surface area contributed by atoms with Crippen molar-refractivity contribution in [2.24, 2.45) is 0 Å². The minimum Gasteiger partial charge on any atom is -0.396 e. The summed E-state index contributed by atoms with van der Waals surface area (Å²) in [6.45, 7) is 6.97. The van der Waals surface area contributed by atoms with Crippen molar-refractivity contribution in [1.29, 1.82) is 0 Å². The predicted octanol–water partition coefficient (Wildman–Crippen LogP) is 1.83. The number of aryl methyl sites for hydroxylation is 1. The molecule has 0 amide bonds. The number of alkyl halides is 1. The van der Waals surface area contributed by atoms with Crippen molar-refractivity contribution in [2.45, 2.75) is 39.9 Å². The van der Waals surface area contributed by atoms with Crippen LogP contribution in [0.15, 0.2) is 0 Å². The maximum absolute atomic E-state index is 13.3. The lowest BCUT2D eigenvalue weighted by Gasteiger charge is -2.14. The SMILES string of the molecule is Cc1nn(CC(C)(C)F)c(C)c1N. The fourth-order valence-electron chi connectivity index (χ4n) is 1.22. The van der Waals surface area contributed by atoms with Crippen molar-refractivity contribution >= 4 is 5.69 Å². The van der Waals surface area contributed by atoms with Crippen LogP contribution in [0.5, 0.6) is 0 Å². The number of halogens is 1. The van der Waals surface area contributed by atoms with Gasteiger partial charge in [-0.25, -0.2) is 4.39 Å². The highest BCUT2D eigenvalue weighted by molar-refractivity contribution is 5.46. The Bertz CT molecular complexity index is 309. The third-order valence-corrected chi connectivity index (χ3v) is 1.96. The third-order valence-electron chi connectivity index (χ3n) is 1.96. The Hall–Kier alpha value is -1.06. The van der Waals surface area contributed by atoms with Gasteiger partial charge in [0.15, 0.2) is 0 Å². The maximum atomic E-state index is 13.3. The molecule has 1 heterocycles. The van der Waals surface area contributed by atoms with Crippen LogP contribution in [-0.2, 0) is 6.54 Å². The molecule has 0 aromatic carbocycles. The van der Waals surface area contributed by atoms with Crippen LogP contribution in [0.1, 0.15) is 25.2 Å². The number of aromatic nitrogens is 2. The molecule has 0 aliphatic heterocycles. The summed E-state index contributed by atoms with van der Waals surface area (Å²) >= 11 is 0. The predicted molar refractivity (Wildman–Crippen MR) is 51.3 cm³/mol. The van der Waals surface area contributed by atoms with Gasteiger partial charge in [0, 0.05) is 0 Å². The minimum atomic E-state index is -1.25. The van der Waals surface area contributed by atoms with E-state index in [-0.39, 0.29) is 6.54 Å². The largest absolute Gasteiger partial charge is 0.396 e. The summed E-state index contributed by atoms with van der Waals surface area (Å²) in [6, 6.07) is 0. The first-order chi connectivity index (χ1) is 5.81. The monoisotopic (exact) mass is 185 g/mol. The Morgan fingerprint density at radius 3 is 2.31 bits per heavy atom. The van der Waals surface area contributed by atoms with Crippen LogP contribution in [0.4, 0.5) is 10.1 Å². The molecule has 2 N–H and O–H groups in total. The molecule has 0 atom stereocenters. The van der Waals surface area contributed by atoms with E-state index >= 15 is 0 Å². The van der Waals surface area contributed by atoms with Crippen LogP contribution in [0, 0.1) is 13.8 Å². The molecule has 13 heavy (non-hydrogen) atoms. The third kappa shape index (κ3) is 2.20. The lowest BCUT2D eigenvalue weighted by atomic mass is 10.2. The zero-order valence-corrected chi connectivity index (χ0v) is 8.56. The van der Waals surface area contributed by atoms with Gasteiger partial charge in [-0.2, -0.15) is 5.10 Å². The zero-order valence-electron chi connectivity index (χ0n) is 8.56. The van der Waals surface area contributed by atoms with E-state index in [9.17, 15) is 4.39 Å². The Morgan fingerprint density at radius 2 is 2.00 bits per heavy atom. The molecule has 74 valence electrons. The van der Waals surface area contributed by atoms with Crippen molar-refractivity contribution in [3.63, 3.8) is 0 Å². The van der Waals surface area contributed by atoms with E-state index in [0.717, 1.165) is 11.4 Å². The van der Waals surface area contributed by atoms with E-state index < -0.39 is 5.67 Å². The van der Waals surface area contributed by atoms with Crippen molar-refractivity contribution in [3.05, 3.63) is 11.4 Å². The first kappa shape index (κ1) is 10.0. The topological polar surface area (TPSA) is 43.8 Å². The number of nitrogens with two attached hydrogens (primary N) is 1. The molecular weight excluding hydrogens is 169 g/mol. The van der Waals surface area contributed by atoms with Gasteiger partial charge in [-0.3, -0.25) is 4.68 Å². The van der Waals surface area contributed by atoms with Gasteiger partial charge >= 0.3 is 0 Å². The van der Waals surface area contributed by atoms with Crippen molar-refractivity contribution in [3.8, 4) is 0 Å². The fraction of sp³-hybridized carbons (Fsp3) is 0.667. The van der Waals surface area contributed by atoms with Gasteiger partial charge in [-0.15, -0.1) is 0 Å². The van der Waals surface area contributed by atoms with E-state index in [1.54, 1.807) is 4.68 Å². The average Bonchev–Trinajstić information content (AvgIpc) is 2.15. The first-order valence-corrected chi connectivity index (χ1v) is 4.29. The van der Waals surface area contributed by atoms with Crippen LogP contribution < -0.4 is 5.73 Å². The number of hydrogen-bond donors (Lipinski definition) is 1. The molecule has 4 heteroatoms. The molecule has 0 saturated heterocycles. The second kappa shape index (κ2) is 3.01. The smallest absolute Gasteiger partial charge is 0.125 e. The van der Waals surface area contributed by atoms with Crippen LogP contribution in [-0.4, -0.2) is 15.4 Å². The molecule has 0 aliphatic rings. The lowest BCUT2D eigenvalue weighted by molar-refractivity contribution is 0.178. The van der Waals surface area contributed by atoms with E-state index in [4.69, 9.17) is 5.73 Å². The molecule has 0 radical (unpaired) electrons. The van der Waals surface area contributed by atoms with Crippen LogP contribution in [0.2, 0.25) is 0 Å². The highest BCUT2D eigenvalue weighted by atomic mass is 19.1. The van der Waals surface area contributed by atoms with Crippen LogP contribution in [0.3, 0.4) is 0 Å². The normalized spacial score (nSPS) is 12.1. The standard InChI is InChI=1S/C9H16FN3/c1-6-8(11)7(2)13(12-6)5-9(3,4)10/h5,11H2,1-4H3. The van der Waals surface area contributed by atoms with Gasteiger partial charge in [0.1, 0.15) is 5.67 Å². The van der Waals surface area contributed by atoms with Crippen molar-refractivity contribution in [2.75, 3.05) is 5.73 Å². The highest BCUT2D eigenvalue weighted by Gasteiger charge is 2.19. The van der Waals surface area contributed by atoms with E-state index in [1.165, 1.54) is 13.8 Å². The summed E-state index contributed by atoms with van der Waals surface area (Å²) in [6.07, 6.45) is 0. The Labute approximate surface area is 77.7 Å². The van der Waals surface area contributed by atoms with Crippen LogP contribution in [0.25, 0.3) is 0 Å². The Morgan fingerprint density at radius 1 is 1.46 bits per heavy atom. The first-order valence-electron chi connectivity index (χ1n) is 4.29. The van der Waals surface area contributed by atoms with Gasteiger partial charge in [0.2, 0.25) is 0 Å². The number of nitrogen functional groups attached to an aromatic ring is 1. The summed E-state index contributed by atoms with van der Waals surface area (Å²) in [5, 5.41) is 4.15. The van der Waals surface area contributed by atoms with Gasteiger partial charge in [-0.1, -0.05) is 0 Å². The summed E-state index contributed by atoms with van der Waals surface area (Å²) < 4.78 is 14.9. The molecule has 1 aromatic heterocycles. The fourth-order valence-corrected chi connectivity index (χ4v) is 1.22. The quantitative estimate of drug-likeness (QED) is 0.763. The number of rotatable bonds is 2. The van der Waals surface area contributed by atoms with Gasteiger partial charge < -0.3 is 5.73 Å². The Kier molecular flexibility index (Phi) is 2.32. The zero-order chi connectivity index (χ0) is 10.2. The van der Waals surface area contributed by atoms with Crippen molar-refractivity contribution in [1.82, 2.24) is 9.78 Å². The molecule has 3 nitrogen and oxygen atoms in total. The molecule has 0 unspecified atom stereocenters. The summed E-state index contributed by atoms with van der Waals surface area (Å²) in [5.41, 5.74) is 6.72. The second-order valence-electron chi connectivity index (χ2n) is 3.96. The van der Waals surface area contributed by atoms with Crippen molar-refractivity contribution < 1.29 is 4.39 Å². The second-order valence-corrected chi connectivity index (χ2v) is 3.96. The Balaban J connectivity index is 2.97. The van der Waals surface area contributed by atoms with Gasteiger partial charge in [0.05, 0.1) is 23.6 Å². The van der Waals surface area contributed by atoms with E-state index in [2.05, 4.69) is 5.10 Å². The molecular formula is C9H16FN3. The van der Waals surface area contributed by atoms with Gasteiger partial charge in [0.25, 0.3) is 0 Å². The molecule has 0 saturated carbocycles. The molecule has 0 spiro atoms. The molecule has 1 aromatic rings. The lowest BCUT2D eigenvalue weighted by Crippen LogP contribution is -2.22. The molecule has 0 aliphatic carbocycles. The number of hydrogen-bond acceptors (Lipinski definition) is 2. The maximum Gasteiger partial charge on any atom is 0.125 e. The van der Waals surface area contributed by atoms with Gasteiger partial charge in [-0.05, 0) is 27.7 Å². The molecule has 0 fully saturated rings. The number of nitrogens with zero attached hydrogens (tertiary/aromatic N) is 2. The highest BCUT2D eigenvalue weighted by Crippen LogP contribution is 2.18. The average molecular weight is 185 g/mol. The molecule has 0 bridgehead atoms. The molecule has 1 rings (SSSR count). The summed E-state index contributed by atoms with van der Waals surface area (Å²) in [5.74, 6) is 0. The number of anilines is 1.